The predicted molar refractivity (Wildman–Crippen MR) is 77.2 cm³/mol. The van der Waals surface area contributed by atoms with Crippen LogP contribution in [0.4, 0.5) is 0 Å². The van der Waals surface area contributed by atoms with Crippen LogP contribution in [0.3, 0.4) is 0 Å². The van der Waals surface area contributed by atoms with Crippen LogP contribution in [-0.2, 0) is 19.1 Å². The standard InChI is InChI=1S/C14H25N3O4/c1-10(2)17(9-13(19)21-3)8-12(18)16-6-4-5-11(7-16)14(15)20/h10-11H,4-9H2,1-3H3,(H2,15,20). The van der Waals surface area contributed by atoms with Crippen molar-refractivity contribution in [3.05, 3.63) is 0 Å². The van der Waals surface area contributed by atoms with Gasteiger partial charge in [-0.25, -0.2) is 0 Å². The maximum absolute atomic E-state index is 12.3. The van der Waals surface area contributed by atoms with E-state index >= 15 is 0 Å². The summed E-state index contributed by atoms with van der Waals surface area (Å²) in [7, 11) is 1.32. The van der Waals surface area contributed by atoms with Crippen LogP contribution in [0.5, 0.6) is 0 Å². The lowest BCUT2D eigenvalue weighted by molar-refractivity contribution is -0.143. The zero-order valence-electron chi connectivity index (χ0n) is 13.0. The summed E-state index contributed by atoms with van der Waals surface area (Å²) in [5.74, 6) is -1.08. The summed E-state index contributed by atoms with van der Waals surface area (Å²) in [6, 6.07) is 0.0461. The van der Waals surface area contributed by atoms with E-state index in [4.69, 9.17) is 5.73 Å². The van der Waals surface area contributed by atoms with Gasteiger partial charge in [0.15, 0.2) is 0 Å². The van der Waals surface area contributed by atoms with Gasteiger partial charge in [0.05, 0.1) is 26.1 Å². The number of likely N-dealkylation sites (tertiary alicyclic amines) is 1. The Morgan fingerprint density at radius 2 is 2.00 bits per heavy atom. The number of carbonyl (C=O) groups is 3. The molecule has 0 aromatic rings. The van der Waals surface area contributed by atoms with E-state index in [0.29, 0.717) is 13.1 Å². The summed E-state index contributed by atoms with van der Waals surface area (Å²) in [5.41, 5.74) is 5.31. The monoisotopic (exact) mass is 299 g/mol. The molecule has 1 atom stereocenters. The van der Waals surface area contributed by atoms with E-state index in [9.17, 15) is 14.4 Å². The van der Waals surface area contributed by atoms with Crippen molar-refractivity contribution in [1.82, 2.24) is 9.80 Å². The van der Waals surface area contributed by atoms with Gasteiger partial charge < -0.3 is 15.4 Å². The first kappa shape index (κ1) is 17.4. The minimum Gasteiger partial charge on any atom is -0.468 e. The van der Waals surface area contributed by atoms with Crippen molar-refractivity contribution in [2.45, 2.75) is 32.7 Å². The maximum atomic E-state index is 12.3. The predicted octanol–water partition coefficient (Wildman–Crippen LogP) is -0.406. The molecule has 1 saturated heterocycles. The quantitative estimate of drug-likeness (QED) is 0.673. The van der Waals surface area contributed by atoms with Gasteiger partial charge in [-0.2, -0.15) is 0 Å². The van der Waals surface area contributed by atoms with Crippen molar-refractivity contribution in [3.8, 4) is 0 Å². The van der Waals surface area contributed by atoms with Crippen molar-refractivity contribution in [1.29, 1.82) is 0 Å². The molecule has 2 amide bonds. The van der Waals surface area contributed by atoms with E-state index < -0.39 is 0 Å². The molecule has 7 heteroatoms. The first-order valence-electron chi connectivity index (χ1n) is 7.23. The number of primary amides is 1. The minimum atomic E-state index is -0.370. The van der Waals surface area contributed by atoms with E-state index in [2.05, 4.69) is 4.74 Å². The largest absolute Gasteiger partial charge is 0.468 e. The number of hydrogen-bond donors (Lipinski definition) is 1. The fraction of sp³-hybridized carbons (Fsp3) is 0.786. The number of piperidine rings is 1. The van der Waals surface area contributed by atoms with Crippen LogP contribution in [-0.4, -0.2) is 66.9 Å². The Labute approximate surface area is 125 Å². The second-order valence-corrected chi connectivity index (χ2v) is 5.66. The molecule has 1 rings (SSSR count). The van der Waals surface area contributed by atoms with Gasteiger partial charge >= 0.3 is 5.97 Å². The van der Waals surface area contributed by atoms with Crippen LogP contribution in [0.1, 0.15) is 26.7 Å². The van der Waals surface area contributed by atoms with Crippen molar-refractivity contribution in [3.63, 3.8) is 0 Å². The number of hydrogen-bond acceptors (Lipinski definition) is 5. The number of ether oxygens (including phenoxy) is 1. The molecule has 1 fully saturated rings. The summed E-state index contributed by atoms with van der Waals surface area (Å²) in [5, 5.41) is 0. The molecule has 120 valence electrons. The highest BCUT2D eigenvalue weighted by Crippen LogP contribution is 2.16. The molecule has 21 heavy (non-hydrogen) atoms. The molecule has 1 heterocycles. The van der Waals surface area contributed by atoms with E-state index in [1.807, 2.05) is 13.8 Å². The number of esters is 1. The molecule has 1 aliphatic heterocycles. The van der Waals surface area contributed by atoms with Crippen molar-refractivity contribution in [2.24, 2.45) is 11.7 Å². The molecule has 0 spiro atoms. The lowest BCUT2D eigenvalue weighted by atomic mass is 9.97. The van der Waals surface area contributed by atoms with Crippen molar-refractivity contribution >= 4 is 17.8 Å². The highest BCUT2D eigenvalue weighted by atomic mass is 16.5. The fourth-order valence-corrected chi connectivity index (χ4v) is 2.36. The summed E-state index contributed by atoms with van der Waals surface area (Å²) >= 11 is 0. The van der Waals surface area contributed by atoms with Crippen molar-refractivity contribution < 1.29 is 19.1 Å². The lowest BCUT2D eigenvalue weighted by Gasteiger charge is -2.33. The van der Waals surface area contributed by atoms with E-state index in [1.165, 1.54) is 7.11 Å². The van der Waals surface area contributed by atoms with Gasteiger partial charge in [0.1, 0.15) is 0 Å². The lowest BCUT2D eigenvalue weighted by Crippen LogP contribution is -2.49. The van der Waals surface area contributed by atoms with Crippen LogP contribution >= 0.6 is 0 Å². The van der Waals surface area contributed by atoms with Gasteiger partial charge in [-0.3, -0.25) is 19.3 Å². The van der Waals surface area contributed by atoms with Gasteiger partial charge in [0.25, 0.3) is 0 Å². The van der Waals surface area contributed by atoms with Gasteiger partial charge in [-0.05, 0) is 26.7 Å². The third kappa shape index (κ3) is 5.34. The molecule has 7 nitrogen and oxygen atoms in total. The molecular formula is C14H25N3O4. The molecule has 1 aliphatic rings. The first-order chi connectivity index (χ1) is 9.85. The molecule has 0 saturated carbocycles. The Bertz CT molecular complexity index is 398. The van der Waals surface area contributed by atoms with E-state index in [0.717, 1.165) is 12.8 Å². The number of nitrogens with two attached hydrogens (primary N) is 1. The summed E-state index contributed by atoms with van der Waals surface area (Å²) in [4.78, 5) is 38.4. The number of rotatable bonds is 6. The highest BCUT2D eigenvalue weighted by molar-refractivity contribution is 5.82. The molecule has 0 radical (unpaired) electrons. The number of methoxy groups -OCH3 is 1. The molecule has 2 N–H and O–H groups in total. The average Bonchev–Trinajstić information content (AvgIpc) is 2.46. The highest BCUT2D eigenvalue weighted by Gasteiger charge is 2.28. The van der Waals surface area contributed by atoms with E-state index in [-0.39, 0.29) is 42.8 Å². The normalized spacial score (nSPS) is 18.9. The van der Waals surface area contributed by atoms with Crippen LogP contribution in [0, 0.1) is 5.92 Å². The Hall–Kier alpha value is -1.63. The Morgan fingerprint density at radius 3 is 2.52 bits per heavy atom. The summed E-state index contributed by atoms with van der Waals surface area (Å²) < 4.78 is 4.64. The number of nitrogens with zero attached hydrogens (tertiary/aromatic N) is 2. The second-order valence-electron chi connectivity index (χ2n) is 5.66. The van der Waals surface area contributed by atoms with Crippen LogP contribution in [0.15, 0.2) is 0 Å². The second kappa shape index (κ2) is 7.97. The van der Waals surface area contributed by atoms with Gasteiger partial charge in [0, 0.05) is 19.1 Å². The molecular weight excluding hydrogens is 274 g/mol. The first-order valence-corrected chi connectivity index (χ1v) is 7.23. The molecule has 0 aromatic carbocycles. The van der Waals surface area contributed by atoms with Gasteiger partial charge in [-0.15, -0.1) is 0 Å². The minimum absolute atomic E-state index is 0.0461. The number of amides is 2. The van der Waals surface area contributed by atoms with Crippen molar-refractivity contribution in [2.75, 3.05) is 33.3 Å². The van der Waals surface area contributed by atoms with Gasteiger partial charge in [-0.1, -0.05) is 0 Å². The van der Waals surface area contributed by atoms with Crippen LogP contribution in [0.25, 0.3) is 0 Å². The number of carbonyl (C=O) groups excluding carboxylic acids is 3. The third-order valence-electron chi connectivity index (χ3n) is 3.80. The van der Waals surface area contributed by atoms with Crippen LogP contribution in [0.2, 0.25) is 0 Å². The zero-order chi connectivity index (χ0) is 16.0. The average molecular weight is 299 g/mol. The van der Waals surface area contributed by atoms with E-state index in [1.54, 1.807) is 9.80 Å². The Morgan fingerprint density at radius 1 is 1.33 bits per heavy atom. The summed E-state index contributed by atoms with van der Waals surface area (Å²) in [6.07, 6.45) is 1.51. The maximum Gasteiger partial charge on any atom is 0.319 e. The smallest absolute Gasteiger partial charge is 0.319 e. The Kier molecular flexibility index (Phi) is 6.61. The van der Waals surface area contributed by atoms with Gasteiger partial charge in [0.2, 0.25) is 11.8 Å². The molecule has 0 aliphatic carbocycles. The molecule has 0 bridgehead atoms. The zero-order valence-corrected chi connectivity index (χ0v) is 13.0. The fourth-order valence-electron chi connectivity index (χ4n) is 2.36. The summed E-state index contributed by atoms with van der Waals surface area (Å²) in [6.45, 7) is 5.05. The Balaban J connectivity index is 2.60. The SMILES string of the molecule is COC(=O)CN(CC(=O)N1CCCC(C(N)=O)C1)C(C)C. The molecule has 0 aromatic heterocycles. The van der Waals surface area contributed by atoms with Crippen LogP contribution < -0.4 is 5.73 Å². The molecule has 1 unspecified atom stereocenters. The third-order valence-corrected chi connectivity index (χ3v) is 3.80. The topological polar surface area (TPSA) is 92.9 Å².